The number of hydrogen-bond acceptors (Lipinski definition) is 6. The molecule has 3 N–H and O–H groups in total. The van der Waals surface area contributed by atoms with Gasteiger partial charge in [0.1, 0.15) is 29.8 Å². The number of alkyl halides is 2. The molecule has 0 bridgehead atoms. The summed E-state index contributed by atoms with van der Waals surface area (Å²) in [5.74, 6) is -2.69. The molecule has 1 atom stereocenters. The minimum Gasteiger partial charge on any atom is -0.321 e. The van der Waals surface area contributed by atoms with Crippen molar-refractivity contribution >= 4 is 49.2 Å². The number of fused-ring (bicyclic) bond motifs is 2. The van der Waals surface area contributed by atoms with E-state index in [2.05, 4.69) is 9.82 Å². The highest BCUT2D eigenvalue weighted by Gasteiger charge is 2.37. The summed E-state index contributed by atoms with van der Waals surface area (Å²) >= 11 is 6.55. The van der Waals surface area contributed by atoms with E-state index in [0.717, 1.165) is 21.4 Å². The van der Waals surface area contributed by atoms with Gasteiger partial charge in [-0.3, -0.25) is 18.8 Å². The Morgan fingerprint density at radius 1 is 0.980 bits per heavy atom. The van der Waals surface area contributed by atoms with E-state index >= 15 is 0 Å². The normalized spacial score (nSPS) is 14.2. The predicted molar refractivity (Wildman–Crippen MR) is 180 cm³/mol. The second-order valence-electron chi connectivity index (χ2n) is 12.0. The molecule has 4 aromatic carbocycles. The molecule has 50 heavy (non-hydrogen) atoms. The topological polar surface area (TPSA) is 125 Å². The van der Waals surface area contributed by atoms with Gasteiger partial charge in [0.2, 0.25) is 10.0 Å². The van der Waals surface area contributed by atoms with Crippen LogP contribution in [0.5, 0.6) is 0 Å². The number of halogens is 6. The molecule has 9 nitrogen and oxygen atoms in total. The Kier molecular flexibility index (Phi) is 8.60. The molecule has 1 saturated carbocycles. The lowest BCUT2D eigenvalue weighted by molar-refractivity contribution is 0.123. The number of rotatable bonds is 10. The first-order chi connectivity index (χ1) is 23.8. The Balaban J connectivity index is 1.50. The molecule has 0 amide bonds. The third-order valence-corrected chi connectivity index (χ3v) is 10.5. The average Bonchev–Trinajstić information content (AvgIpc) is 3.85. The third-order valence-electron chi connectivity index (χ3n) is 8.37. The summed E-state index contributed by atoms with van der Waals surface area (Å²) < 4.78 is 101. The van der Waals surface area contributed by atoms with E-state index in [1.54, 1.807) is 12.1 Å². The molecule has 2 aromatic heterocycles. The van der Waals surface area contributed by atoms with Crippen molar-refractivity contribution in [3.63, 3.8) is 0 Å². The van der Waals surface area contributed by atoms with Crippen molar-refractivity contribution in [1.82, 2.24) is 19.3 Å². The van der Waals surface area contributed by atoms with E-state index in [-0.39, 0.29) is 61.7 Å². The van der Waals surface area contributed by atoms with Gasteiger partial charge < -0.3 is 5.73 Å². The van der Waals surface area contributed by atoms with Gasteiger partial charge in [-0.25, -0.2) is 35.4 Å². The van der Waals surface area contributed by atoms with Gasteiger partial charge in [-0.1, -0.05) is 35.9 Å². The van der Waals surface area contributed by atoms with Crippen LogP contribution in [0.4, 0.5) is 27.8 Å². The Morgan fingerprint density at radius 2 is 1.70 bits per heavy atom. The molecule has 7 rings (SSSR count). The smallest absolute Gasteiger partial charge is 0.266 e. The maximum Gasteiger partial charge on any atom is 0.266 e. The Labute approximate surface area is 286 Å². The van der Waals surface area contributed by atoms with E-state index in [4.69, 9.17) is 22.3 Å². The lowest BCUT2D eigenvalue weighted by Crippen LogP contribution is -2.30. The SMILES string of the molecule is N[C@@H](Cc1cc(F)cc(F)c1)c1nc2cc(-c3ccccc3F)ccc2c(=O)n1-c1ccc(Cl)c2c(NS(=O)(=O)C3CC3)nn(CC(F)F)c12. The van der Waals surface area contributed by atoms with Crippen LogP contribution in [0.1, 0.15) is 30.3 Å². The number of anilines is 1. The van der Waals surface area contributed by atoms with Crippen LogP contribution < -0.4 is 16.0 Å². The zero-order valence-electron chi connectivity index (χ0n) is 25.8. The maximum atomic E-state index is 14.7. The Morgan fingerprint density at radius 3 is 2.38 bits per heavy atom. The second kappa shape index (κ2) is 12.8. The maximum absolute atomic E-state index is 14.7. The molecule has 2 heterocycles. The van der Waals surface area contributed by atoms with Crippen molar-refractivity contribution < 1.29 is 30.4 Å². The van der Waals surface area contributed by atoms with Gasteiger partial charge in [0.15, 0.2) is 5.82 Å². The van der Waals surface area contributed by atoms with Gasteiger partial charge in [-0.2, -0.15) is 5.10 Å². The molecular weight excluding hydrogens is 703 g/mol. The summed E-state index contributed by atoms with van der Waals surface area (Å²) in [7, 11) is -3.93. The van der Waals surface area contributed by atoms with Gasteiger partial charge in [0.05, 0.1) is 43.8 Å². The first kappa shape index (κ1) is 33.6. The number of aromatic nitrogens is 4. The Bertz CT molecular complexity index is 2470. The van der Waals surface area contributed by atoms with E-state index in [0.29, 0.717) is 24.5 Å². The van der Waals surface area contributed by atoms with E-state index < -0.39 is 57.3 Å². The van der Waals surface area contributed by atoms with Crippen molar-refractivity contribution in [1.29, 1.82) is 0 Å². The number of nitrogens with zero attached hydrogens (tertiary/aromatic N) is 4. The number of sulfonamides is 1. The largest absolute Gasteiger partial charge is 0.321 e. The van der Waals surface area contributed by atoms with Crippen LogP contribution in [0.25, 0.3) is 38.6 Å². The van der Waals surface area contributed by atoms with Crippen LogP contribution >= 0.6 is 11.6 Å². The number of hydrogen-bond donors (Lipinski definition) is 2. The van der Waals surface area contributed by atoms with Crippen LogP contribution in [0, 0.1) is 17.5 Å². The molecule has 1 fully saturated rings. The highest BCUT2D eigenvalue weighted by molar-refractivity contribution is 7.93. The summed E-state index contributed by atoms with van der Waals surface area (Å²) in [6, 6.07) is 14.7. The zero-order chi connectivity index (χ0) is 35.5. The van der Waals surface area contributed by atoms with Crippen LogP contribution in [0.3, 0.4) is 0 Å². The minimum absolute atomic E-state index is 0.0375. The molecule has 0 radical (unpaired) electrons. The molecule has 0 spiro atoms. The highest BCUT2D eigenvalue weighted by Crippen LogP contribution is 2.38. The molecule has 0 aliphatic heterocycles. The van der Waals surface area contributed by atoms with Gasteiger partial charge in [-0.15, -0.1) is 0 Å². The molecule has 258 valence electrons. The van der Waals surface area contributed by atoms with Crippen molar-refractivity contribution in [3.05, 3.63) is 117 Å². The lowest BCUT2D eigenvalue weighted by atomic mass is 10.0. The summed E-state index contributed by atoms with van der Waals surface area (Å²) in [5, 5.41) is 3.41. The Hall–Kier alpha value is -4.86. The number of nitrogens with one attached hydrogen (secondary N) is 1. The summed E-state index contributed by atoms with van der Waals surface area (Å²) in [6.07, 6.45) is -2.35. The van der Waals surface area contributed by atoms with Crippen LogP contribution in [0.15, 0.2) is 77.6 Å². The third kappa shape index (κ3) is 6.32. The molecule has 6 aromatic rings. The average molecular weight is 729 g/mol. The lowest BCUT2D eigenvalue weighted by Gasteiger charge is -2.20. The monoisotopic (exact) mass is 728 g/mol. The second-order valence-corrected chi connectivity index (χ2v) is 14.3. The van der Waals surface area contributed by atoms with Crippen LogP contribution in [0.2, 0.25) is 5.02 Å². The molecule has 16 heteroatoms. The fourth-order valence-corrected chi connectivity index (χ4v) is 7.57. The molecule has 0 unspecified atom stereocenters. The van der Waals surface area contributed by atoms with Crippen molar-refractivity contribution in [2.45, 2.75) is 43.5 Å². The highest BCUT2D eigenvalue weighted by atomic mass is 35.5. The van der Waals surface area contributed by atoms with Crippen molar-refractivity contribution in [3.8, 4) is 16.8 Å². The minimum atomic E-state index is -3.93. The fourth-order valence-electron chi connectivity index (χ4n) is 6.00. The number of nitrogens with two attached hydrogens (primary N) is 1. The van der Waals surface area contributed by atoms with Crippen molar-refractivity contribution in [2.75, 3.05) is 4.72 Å². The zero-order valence-corrected chi connectivity index (χ0v) is 27.3. The van der Waals surface area contributed by atoms with Crippen LogP contribution in [-0.4, -0.2) is 39.4 Å². The van der Waals surface area contributed by atoms with Gasteiger partial charge in [0, 0.05) is 11.6 Å². The standard InChI is InChI=1S/C34H26ClF5N6O3S/c35-24-9-10-28(31-30(24)32(43-45(31)16-29(39)40)44-50(48,49)21-6-7-21)46-33(26(41)13-17-11-19(36)15-20(37)12-17)42-27-14-18(5-8-23(27)34(46)47)22-3-1-2-4-25(22)38/h1-5,8-12,14-15,21,26,29H,6-7,13,16,41H2,(H,43,44)/t26-/m0/s1. The quantitative estimate of drug-likeness (QED) is 0.148. The van der Waals surface area contributed by atoms with Crippen LogP contribution in [-0.2, 0) is 23.0 Å². The first-order valence-corrected chi connectivity index (χ1v) is 17.2. The number of benzene rings is 4. The predicted octanol–water partition coefficient (Wildman–Crippen LogP) is 6.88. The van der Waals surface area contributed by atoms with Gasteiger partial charge in [-0.05, 0) is 72.9 Å². The van der Waals surface area contributed by atoms with Crippen molar-refractivity contribution in [2.24, 2.45) is 5.73 Å². The van der Waals surface area contributed by atoms with E-state index in [1.807, 2.05) is 0 Å². The van der Waals surface area contributed by atoms with E-state index in [9.17, 15) is 35.2 Å². The summed E-state index contributed by atoms with van der Waals surface area (Å²) in [4.78, 5) is 19.2. The summed E-state index contributed by atoms with van der Waals surface area (Å²) in [5.41, 5.74) is 6.59. The fraction of sp³-hybridized carbons (Fsp3) is 0.206. The van der Waals surface area contributed by atoms with E-state index in [1.165, 1.54) is 42.5 Å². The molecule has 1 aliphatic rings. The van der Waals surface area contributed by atoms with Gasteiger partial charge in [0.25, 0.3) is 12.0 Å². The summed E-state index contributed by atoms with van der Waals surface area (Å²) in [6.45, 7) is -0.999. The van der Waals surface area contributed by atoms with Gasteiger partial charge >= 0.3 is 0 Å². The molecule has 1 aliphatic carbocycles. The molecule has 0 saturated heterocycles. The molecular formula is C34H26ClF5N6O3S. The first-order valence-electron chi connectivity index (χ1n) is 15.3.